The van der Waals surface area contributed by atoms with Crippen LogP contribution in [0.4, 0.5) is 0 Å². The molecule has 3 aromatic carbocycles. The quantitative estimate of drug-likeness (QED) is 0.453. The molecule has 1 heterocycles. The van der Waals surface area contributed by atoms with Crippen molar-refractivity contribution in [2.75, 3.05) is 0 Å². The van der Waals surface area contributed by atoms with Gasteiger partial charge in [-0.05, 0) is 46.2 Å². The average Bonchev–Trinajstić information content (AvgIpc) is 3.25. The van der Waals surface area contributed by atoms with E-state index in [9.17, 15) is 0 Å². The zero-order chi connectivity index (χ0) is 16.5. The minimum atomic E-state index is 0.0519. The van der Waals surface area contributed by atoms with Crippen LogP contribution in [-0.4, -0.2) is 0 Å². The molecule has 1 aliphatic heterocycles. The first-order valence-corrected chi connectivity index (χ1v) is 9.82. The lowest BCUT2D eigenvalue weighted by Crippen LogP contribution is -2.23. The first kappa shape index (κ1) is 14.0. The first-order valence-electron chi connectivity index (χ1n) is 9.01. The SMILES string of the molecule is C1=Cc2ccccc2C2(SC23CCc2ccccc23)c2ccccc21. The van der Waals surface area contributed by atoms with Gasteiger partial charge in [0.05, 0.1) is 9.49 Å². The van der Waals surface area contributed by atoms with Crippen molar-refractivity contribution in [2.45, 2.75) is 22.3 Å². The van der Waals surface area contributed by atoms with Crippen molar-refractivity contribution >= 4 is 23.9 Å². The fourth-order valence-electron chi connectivity index (χ4n) is 5.08. The van der Waals surface area contributed by atoms with Crippen LogP contribution in [0.1, 0.15) is 39.8 Å². The van der Waals surface area contributed by atoms with Crippen LogP contribution >= 0.6 is 11.8 Å². The number of aryl methyl sites for hydroxylation is 1. The van der Waals surface area contributed by atoms with Crippen LogP contribution in [0, 0.1) is 0 Å². The zero-order valence-electron chi connectivity index (χ0n) is 13.9. The smallest absolute Gasteiger partial charge is 0.0866 e. The van der Waals surface area contributed by atoms with E-state index in [4.69, 9.17) is 0 Å². The van der Waals surface area contributed by atoms with E-state index >= 15 is 0 Å². The Morgan fingerprint density at radius 2 is 1.20 bits per heavy atom. The number of fused-ring (bicyclic) bond motifs is 7. The van der Waals surface area contributed by atoms with Crippen molar-refractivity contribution in [1.82, 2.24) is 0 Å². The van der Waals surface area contributed by atoms with Crippen LogP contribution < -0.4 is 0 Å². The second-order valence-electron chi connectivity index (χ2n) is 7.28. The lowest BCUT2D eigenvalue weighted by molar-refractivity contribution is 0.593. The zero-order valence-corrected chi connectivity index (χ0v) is 14.7. The summed E-state index contributed by atoms with van der Waals surface area (Å²) in [6, 6.07) is 27.1. The summed E-state index contributed by atoms with van der Waals surface area (Å²) >= 11 is 2.17. The van der Waals surface area contributed by atoms with E-state index in [1.807, 2.05) is 0 Å². The summed E-state index contributed by atoms with van der Waals surface area (Å²) in [7, 11) is 0. The summed E-state index contributed by atoms with van der Waals surface area (Å²) in [5, 5.41) is 0. The minimum absolute atomic E-state index is 0.0519. The monoisotopic (exact) mass is 338 g/mol. The molecule has 3 aromatic rings. The highest BCUT2D eigenvalue weighted by molar-refractivity contribution is 8.08. The first-order chi connectivity index (χ1) is 12.4. The maximum Gasteiger partial charge on any atom is 0.0866 e. The molecule has 2 spiro atoms. The van der Waals surface area contributed by atoms with E-state index in [2.05, 4.69) is 96.7 Å². The predicted octanol–water partition coefficient (Wildman–Crippen LogP) is 6.00. The van der Waals surface area contributed by atoms with Crippen LogP contribution in [0.5, 0.6) is 0 Å². The van der Waals surface area contributed by atoms with Gasteiger partial charge in [-0.25, -0.2) is 0 Å². The molecule has 25 heavy (non-hydrogen) atoms. The highest BCUT2D eigenvalue weighted by Crippen LogP contribution is 2.82. The lowest BCUT2D eigenvalue weighted by Gasteiger charge is -2.24. The van der Waals surface area contributed by atoms with Gasteiger partial charge in [0.15, 0.2) is 0 Å². The van der Waals surface area contributed by atoms with Crippen molar-refractivity contribution in [3.63, 3.8) is 0 Å². The third-order valence-electron chi connectivity index (χ3n) is 6.18. The van der Waals surface area contributed by atoms with Gasteiger partial charge in [0, 0.05) is 0 Å². The summed E-state index contributed by atoms with van der Waals surface area (Å²) < 4.78 is 0.248. The maximum absolute atomic E-state index is 2.37. The molecular formula is C24H18S. The molecule has 0 nitrogen and oxygen atoms in total. The van der Waals surface area contributed by atoms with Crippen LogP contribution in [0.2, 0.25) is 0 Å². The minimum Gasteiger partial charge on any atom is -0.130 e. The Morgan fingerprint density at radius 3 is 1.88 bits per heavy atom. The summed E-state index contributed by atoms with van der Waals surface area (Å²) in [6.45, 7) is 0. The molecule has 0 aromatic heterocycles. The molecule has 1 fully saturated rings. The molecule has 1 unspecified atom stereocenters. The second kappa shape index (κ2) is 4.68. The summed E-state index contributed by atoms with van der Waals surface area (Å²) in [5.74, 6) is 0. The van der Waals surface area contributed by atoms with Crippen molar-refractivity contribution in [2.24, 2.45) is 0 Å². The van der Waals surface area contributed by atoms with Gasteiger partial charge in [-0.3, -0.25) is 0 Å². The average molecular weight is 338 g/mol. The Hall–Kier alpha value is -2.25. The topological polar surface area (TPSA) is 0 Å². The predicted molar refractivity (Wildman–Crippen MR) is 107 cm³/mol. The molecule has 3 aliphatic rings. The normalized spacial score (nSPS) is 23.8. The van der Waals surface area contributed by atoms with Gasteiger partial charge in [0.25, 0.3) is 0 Å². The van der Waals surface area contributed by atoms with Crippen LogP contribution in [-0.2, 0) is 15.9 Å². The Morgan fingerprint density at radius 1 is 0.640 bits per heavy atom. The molecule has 1 heteroatoms. The number of hydrogen-bond acceptors (Lipinski definition) is 1. The van der Waals surface area contributed by atoms with Crippen LogP contribution in [0.3, 0.4) is 0 Å². The van der Waals surface area contributed by atoms with Gasteiger partial charge >= 0.3 is 0 Å². The standard InChI is InChI=1S/C24H18S/c1-4-10-20-19(9-1)15-16-23(20)24(25-23)21-11-5-2-7-17(21)13-14-18-8-3-6-12-22(18)24/h1-14H,15-16H2. The van der Waals surface area contributed by atoms with Crippen molar-refractivity contribution in [3.05, 3.63) is 106 Å². The van der Waals surface area contributed by atoms with E-state index in [-0.39, 0.29) is 9.49 Å². The van der Waals surface area contributed by atoms with Crippen molar-refractivity contribution in [1.29, 1.82) is 0 Å². The van der Waals surface area contributed by atoms with Gasteiger partial charge in [0.2, 0.25) is 0 Å². The molecule has 120 valence electrons. The van der Waals surface area contributed by atoms with E-state index in [0.29, 0.717) is 0 Å². The fraction of sp³-hybridized carbons (Fsp3) is 0.167. The van der Waals surface area contributed by atoms with Crippen LogP contribution in [0.15, 0.2) is 72.8 Å². The molecule has 0 amide bonds. The summed E-state index contributed by atoms with van der Waals surface area (Å²) in [6.07, 6.45) is 7.04. The largest absolute Gasteiger partial charge is 0.130 e. The van der Waals surface area contributed by atoms with Gasteiger partial charge in [-0.1, -0.05) is 84.9 Å². The van der Waals surface area contributed by atoms with E-state index in [1.165, 1.54) is 35.1 Å². The molecule has 2 aliphatic carbocycles. The number of thioether (sulfide) groups is 1. The highest BCUT2D eigenvalue weighted by Gasteiger charge is 2.73. The van der Waals surface area contributed by atoms with Gasteiger partial charge in [-0.15, -0.1) is 11.8 Å². The molecule has 0 saturated carbocycles. The van der Waals surface area contributed by atoms with E-state index in [1.54, 1.807) is 11.1 Å². The Labute approximate surface area is 152 Å². The van der Waals surface area contributed by atoms with Crippen molar-refractivity contribution in [3.8, 4) is 0 Å². The van der Waals surface area contributed by atoms with Gasteiger partial charge in [-0.2, -0.15) is 0 Å². The molecule has 0 N–H and O–H groups in total. The number of hydrogen-bond donors (Lipinski definition) is 0. The molecule has 0 radical (unpaired) electrons. The Balaban J connectivity index is 1.69. The number of benzene rings is 3. The summed E-state index contributed by atoms with van der Waals surface area (Å²) in [5.41, 5.74) is 8.81. The van der Waals surface area contributed by atoms with Crippen LogP contribution in [0.25, 0.3) is 12.2 Å². The molecule has 1 atom stereocenters. The Bertz CT molecular complexity index is 996. The van der Waals surface area contributed by atoms with Crippen molar-refractivity contribution < 1.29 is 0 Å². The second-order valence-corrected chi connectivity index (χ2v) is 8.79. The highest BCUT2D eigenvalue weighted by atomic mass is 32.2. The Kier molecular flexibility index (Phi) is 2.61. The van der Waals surface area contributed by atoms with Gasteiger partial charge < -0.3 is 0 Å². The third kappa shape index (κ3) is 1.60. The molecular weight excluding hydrogens is 320 g/mol. The fourth-order valence-corrected chi connectivity index (χ4v) is 7.09. The third-order valence-corrected chi connectivity index (χ3v) is 8.14. The molecule has 6 rings (SSSR count). The van der Waals surface area contributed by atoms with Gasteiger partial charge in [0.1, 0.15) is 0 Å². The number of rotatable bonds is 0. The lowest BCUT2D eigenvalue weighted by atomic mass is 9.76. The summed E-state index contributed by atoms with van der Waals surface area (Å²) in [4.78, 5) is 0. The maximum atomic E-state index is 2.37. The molecule has 1 saturated heterocycles. The van der Waals surface area contributed by atoms with E-state index in [0.717, 1.165) is 0 Å². The van der Waals surface area contributed by atoms with E-state index < -0.39 is 0 Å². The molecule has 0 bridgehead atoms.